The topological polar surface area (TPSA) is 84.3 Å². The van der Waals surface area contributed by atoms with Crippen LogP contribution in [0.4, 0.5) is 17.1 Å². The monoisotopic (exact) mass is 335 g/mol. The summed E-state index contributed by atoms with van der Waals surface area (Å²) in [6, 6.07) is 18.4. The Balaban J connectivity index is 1.71. The van der Waals surface area contributed by atoms with Gasteiger partial charge in [0.05, 0.1) is 22.7 Å². The quantitative estimate of drug-likeness (QED) is 0.543. The van der Waals surface area contributed by atoms with E-state index in [1.165, 1.54) is 6.07 Å². The number of nitro benzene ring substituents is 1. The maximum absolute atomic E-state index is 12.2. The summed E-state index contributed by atoms with van der Waals surface area (Å²) in [7, 11) is 0. The molecule has 0 aliphatic rings. The van der Waals surface area contributed by atoms with Crippen molar-refractivity contribution in [2.45, 2.75) is 6.92 Å². The summed E-state index contributed by atoms with van der Waals surface area (Å²) < 4.78 is 0. The van der Waals surface area contributed by atoms with Crippen molar-refractivity contribution in [1.29, 1.82) is 0 Å². The van der Waals surface area contributed by atoms with Gasteiger partial charge in [0.1, 0.15) is 0 Å². The maximum atomic E-state index is 12.2. The number of hydrogen-bond acceptors (Lipinski definition) is 4. The molecule has 0 saturated carbocycles. The number of anilines is 2. The normalized spacial score (nSPS) is 10.4. The molecular formula is C19H17N3O3. The average molecular weight is 335 g/mol. The highest BCUT2D eigenvalue weighted by molar-refractivity contribution is 5.98. The number of benzene rings is 3. The van der Waals surface area contributed by atoms with Gasteiger partial charge in [0.2, 0.25) is 5.91 Å². The average Bonchev–Trinajstić information content (AvgIpc) is 2.61. The van der Waals surface area contributed by atoms with Gasteiger partial charge >= 0.3 is 0 Å². The van der Waals surface area contributed by atoms with E-state index >= 15 is 0 Å². The molecule has 2 N–H and O–H groups in total. The lowest BCUT2D eigenvalue weighted by atomic mass is 10.1. The van der Waals surface area contributed by atoms with Crippen LogP contribution in [0.25, 0.3) is 10.8 Å². The predicted octanol–water partition coefficient (Wildman–Crippen LogP) is 4.11. The minimum atomic E-state index is -0.459. The molecule has 0 atom stereocenters. The molecule has 0 heterocycles. The second-order valence-electron chi connectivity index (χ2n) is 5.64. The Kier molecular flexibility index (Phi) is 4.61. The van der Waals surface area contributed by atoms with Crippen LogP contribution in [-0.2, 0) is 4.79 Å². The molecule has 1 amide bonds. The van der Waals surface area contributed by atoms with Gasteiger partial charge in [-0.05, 0) is 24.4 Å². The summed E-state index contributed by atoms with van der Waals surface area (Å²) in [6.45, 7) is 1.68. The van der Waals surface area contributed by atoms with Gasteiger partial charge in [-0.25, -0.2) is 0 Å². The van der Waals surface area contributed by atoms with Crippen molar-refractivity contribution in [1.82, 2.24) is 0 Å². The zero-order chi connectivity index (χ0) is 17.8. The van der Waals surface area contributed by atoms with E-state index in [0.29, 0.717) is 11.3 Å². The van der Waals surface area contributed by atoms with E-state index in [4.69, 9.17) is 0 Å². The number of carbonyl (C=O) groups is 1. The first kappa shape index (κ1) is 16.4. The second-order valence-corrected chi connectivity index (χ2v) is 5.64. The maximum Gasteiger partial charge on any atom is 0.274 e. The van der Waals surface area contributed by atoms with Crippen LogP contribution >= 0.6 is 0 Å². The summed E-state index contributed by atoms with van der Waals surface area (Å²) >= 11 is 0. The van der Waals surface area contributed by atoms with Gasteiger partial charge in [0.25, 0.3) is 5.69 Å². The van der Waals surface area contributed by atoms with E-state index < -0.39 is 4.92 Å². The molecule has 126 valence electrons. The molecule has 0 spiro atoms. The lowest BCUT2D eigenvalue weighted by Gasteiger charge is -2.11. The van der Waals surface area contributed by atoms with Crippen LogP contribution in [0, 0.1) is 17.0 Å². The van der Waals surface area contributed by atoms with Gasteiger partial charge in [0, 0.05) is 17.1 Å². The lowest BCUT2D eigenvalue weighted by molar-refractivity contribution is -0.385. The Bertz CT molecular complexity index is 948. The number of rotatable bonds is 5. The number of amides is 1. The molecule has 0 fully saturated rings. The van der Waals surface area contributed by atoms with E-state index in [1.54, 1.807) is 19.1 Å². The van der Waals surface area contributed by atoms with Gasteiger partial charge in [0.15, 0.2) is 0 Å². The predicted molar refractivity (Wildman–Crippen MR) is 98.9 cm³/mol. The zero-order valence-electron chi connectivity index (χ0n) is 13.7. The zero-order valence-corrected chi connectivity index (χ0v) is 13.7. The second kappa shape index (κ2) is 7.00. The first-order valence-corrected chi connectivity index (χ1v) is 7.82. The standard InChI is InChI=1S/C19H17N3O3/c1-13-16(9-5-11-18(13)22(24)25)21-19(23)12-20-17-10-4-7-14-6-2-3-8-15(14)17/h2-11,20H,12H2,1H3,(H,21,23). The lowest BCUT2D eigenvalue weighted by Crippen LogP contribution is -2.22. The van der Waals surface area contributed by atoms with Crippen molar-refractivity contribution in [3.8, 4) is 0 Å². The molecule has 6 heteroatoms. The third-order valence-electron chi connectivity index (χ3n) is 4.01. The van der Waals surface area contributed by atoms with Crippen molar-refractivity contribution in [3.63, 3.8) is 0 Å². The molecule has 0 aliphatic heterocycles. The Morgan fingerprint density at radius 3 is 2.48 bits per heavy atom. The van der Waals surface area contributed by atoms with Crippen LogP contribution in [0.3, 0.4) is 0 Å². The fourth-order valence-electron chi connectivity index (χ4n) is 2.71. The largest absolute Gasteiger partial charge is 0.376 e. The summed E-state index contributed by atoms with van der Waals surface area (Å²) in [6.07, 6.45) is 0. The molecule has 0 aromatic heterocycles. The Morgan fingerprint density at radius 2 is 1.68 bits per heavy atom. The van der Waals surface area contributed by atoms with Crippen LogP contribution in [0.1, 0.15) is 5.56 Å². The molecule has 6 nitrogen and oxygen atoms in total. The van der Waals surface area contributed by atoms with Gasteiger partial charge in [-0.2, -0.15) is 0 Å². The summed E-state index contributed by atoms with van der Waals surface area (Å²) in [5.41, 5.74) is 1.73. The van der Waals surface area contributed by atoms with E-state index in [9.17, 15) is 14.9 Å². The number of fused-ring (bicyclic) bond motifs is 1. The Morgan fingerprint density at radius 1 is 1.00 bits per heavy atom. The highest BCUT2D eigenvalue weighted by Crippen LogP contribution is 2.25. The van der Waals surface area contributed by atoms with Crippen molar-refractivity contribution in [2.75, 3.05) is 17.2 Å². The number of nitrogens with zero attached hydrogens (tertiary/aromatic N) is 1. The molecular weight excluding hydrogens is 318 g/mol. The van der Waals surface area contributed by atoms with Crippen molar-refractivity contribution >= 4 is 33.7 Å². The minimum Gasteiger partial charge on any atom is -0.376 e. The Hall–Kier alpha value is -3.41. The molecule has 3 aromatic rings. The van der Waals surface area contributed by atoms with Gasteiger partial charge < -0.3 is 10.6 Å². The first-order chi connectivity index (χ1) is 12.1. The van der Waals surface area contributed by atoms with E-state index in [1.807, 2.05) is 42.5 Å². The van der Waals surface area contributed by atoms with Gasteiger partial charge in [-0.3, -0.25) is 14.9 Å². The van der Waals surface area contributed by atoms with E-state index in [-0.39, 0.29) is 18.1 Å². The fraction of sp³-hybridized carbons (Fsp3) is 0.105. The molecule has 3 aromatic carbocycles. The van der Waals surface area contributed by atoms with E-state index in [0.717, 1.165) is 16.5 Å². The highest BCUT2D eigenvalue weighted by Gasteiger charge is 2.14. The molecule has 3 rings (SSSR count). The van der Waals surface area contributed by atoms with Gasteiger partial charge in [-0.15, -0.1) is 0 Å². The minimum absolute atomic E-state index is 0.0141. The van der Waals surface area contributed by atoms with Crippen LogP contribution in [0.15, 0.2) is 60.7 Å². The number of nitro groups is 1. The highest BCUT2D eigenvalue weighted by atomic mass is 16.6. The van der Waals surface area contributed by atoms with Crippen molar-refractivity contribution in [3.05, 3.63) is 76.3 Å². The van der Waals surface area contributed by atoms with E-state index in [2.05, 4.69) is 10.6 Å². The van der Waals surface area contributed by atoms with Crippen LogP contribution in [0.2, 0.25) is 0 Å². The van der Waals surface area contributed by atoms with Crippen molar-refractivity contribution < 1.29 is 9.72 Å². The summed E-state index contributed by atoms with van der Waals surface area (Å²) in [5, 5.41) is 18.9. The molecule has 0 saturated heterocycles. The first-order valence-electron chi connectivity index (χ1n) is 7.82. The van der Waals surface area contributed by atoms with Gasteiger partial charge in [-0.1, -0.05) is 42.5 Å². The number of carbonyl (C=O) groups excluding carboxylic acids is 1. The third kappa shape index (κ3) is 3.58. The summed E-state index contributed by atoms with van der Waals surface area (Å²) in [5.74, 6) is -0.267. The summed E-state index contributed by atoms with van der Waals surface area (Å²) in [4.78, 5) is 22.7. The Labute approximate surface area is 144 Å². The smallest absolute Gasteiger partial charge is 0.274 e. The van der Waals surface area contributed by atoms with Crippen LogP contribution < -0.4 is 10.6 Å². The number of nitrogens with one attached hydrogen (secondary N) is 2. The SMILES string of the molecule is Cc1c(NC(=O)CNc2cccc3ccccc23)cccc1[N+](=O)[O-]. The molecule has 0 bridgehead atoms. The van der Waals surface area contributed by atoms with Crippen molar-refractivity contribution in [2.24, 2.45) is 0 Å². The van der Waals surface area contributed by atoms with Crippen LogP contribution in [0.5, 0.6) is 0 Å². The third-order valence-corrected chi connectivity index (χ3v) is 4.01. The van der Waals surface area contributed by atoms with Crippen LogP contribution in [-0.4, -0.2) is 17.4 Å². The fourth-order valence-corrected chi connectivity index (χ4v) is 2.71. The number of hydrogen-bond donors (Lipinski definition) is 2. The molecule has 0 radical (unpaired) electrons. The molecule has 0 aliphatic carbocycles. The molecule has 0 unspecified atom stereocenters. The molecule has 25 heavy (non-hydrogen) atoms.